The second-order valence-corrected chi connectivity index (χ2v) is 6.41. The van der Waals surface area contributed by atoms with E-state index in [0.717, 1.165) is 43.8 Å². The van der Waals surface area contributed by atoms with Gasteiger partial charge in [-0.05, 0) is 55.4 Å². The molecule has 1 aromatic carbocycles. The molecular weight excluding hydrogens is 244 g/mol. The van der Waals surface area contributed by atoms with Gasteiger partial charge in [-0.3, -0.25) is 0 Å². The normalized spacial score (nSPS) is 11.8. The van der Waals surface area contributed by atoms with Crippen molar-refractivity contribution in [1.82, 2.24) is 10.6 Å². The number of benzene rings is 1. The van der Waals surface area contributed by atoms with E-state index in [0.29, 0.717) is 0 Å². The maximum atomic E-state index is 3.66. The molecule has 0 unspecified atom stereocenters. The summed E-state index contributed by atoms with van der Waals surface area (Å²) in [4.78, 5) is 0. The van der Waals surface area contributed by atoms with E-state index in [4.69, 9.17) is 0 Å². The summed E-state index contributed by atoms with van der Waals surface area (Å²) < 4.78 is 0. The first kappa shape index (κ1) is 17.2. The molecule has 0 amide bonds. The van der Waals surface area contributed by atoms with Gasteiger partial charge in [0.25, 0.3) is 0 Å². The van der Waals surface area contributed by atoms with Crippen molar-refractivity contribution in [3.8, 4) is 0 Å². The number of hydrogen-bond acceptors (Lipinski definition) is 2. The van der Waals surface area contributed by atoms with Gasteiger partial charge in [-0.15, -0.1) is 0 Å². The van der Waals surface area contributed by atoms with E-state index >= 15 is 0 Å². The Labute approximate surface area is 125 Å². The molecule has 0 saturated carbocycles. The number of hydrogen-bond donors (Lipinski definition) is 2. The summed E-state index contributed by atoms with van der Waals surface area (Å²) in [5.74, 6) is 2.23. The molecule has 0 aliphatic carbocycles. The van der Waals surface area contributed by atoms with E-state index < -0.39 is 0 Å². The molecular formula is C18H32N2. The Morgan fingerprint density at radius 2 is 1.55 bits per heavy atom. The molecule has 0 fully saturated rings. The van der Waals surface area contributed by atoms with Crippen LogP contribution in [0, 0.1) is 17.8 Å². The van der Waals surface area contributed by atoms with Crippen LogP contribution >= 0.6 is 0 Å². The van der Waals surface area contributed by atoms with Gasteiger partial charge >= 0.3 is 0 Å². The van der Waals surface area contributed by atoms with Crippen molar-refractivity contribution < 1.29 is 0 Å². The van der Waals surface area contributed by atoms with Crippen LogP contribution in [-0.4, -0.2) is 20.1 Å². The van der Waals surface area contributed by atoms with Crippen molar-refractivity contribution in [3.63, 3.8) is 0 Å². The van der Waals surface area contributed by atoms with Crippen LogP contribution in [0.4, 0.5) is 0 Å². The third-order valence-electron chi connectivity index (χ3n) is 4.17. The van der Waals surface area contributed by atoms with Gasteiger partial charge in [0.15, 0.2) is 0 Å². The van der Waals surface area contributed by atoms with E-state index in [1.807, 2.05) is 7.05 Å². The third-order valence-corrected chi connectivity index (χ3v) is 4.17. The first-order valence-electron chi connectivity index (χ1n) is 7.98. The van der Waals surface area contributed by atoms with Gasteiger partial charge in [-0.1, -0.05) is 52.0 Å². The van der Waals surface area contributed by atoms with Crippen LogP contribution < -0.4 is 10.6 Å². The highest BCUT2D eigenvalue weighted by Crippen LogP contribution is 2.19. The number of likely N-dealkylation sites (N-methyl/N-ethyl adjacent to an activating group) is 1. The number of nitrogens with one attached hydrogen (secondary N) is 2. The largest absolute Gasteiger partial charge is 0.319 e. The Morgan fingerprint density at radius 1 is 0.950 bits per heavy atom. The van der Waals surface area contributed by atoms with E-state index in [1.165, 1.54) is 11.1 Å². The fourth-order valence-electron chi connectivity index (χ4n) is 2.85. The van der Waals surface area contributed by atoms with Gasteiger partial charge < -0.3 is 10.6 Å². The predicted octanol–water partition coefficient (Wildman–Crippen LogP) is 3.47. The minimum Gasteiger partial charge on any atom is -0.319 e. The Kier molecular flexibility index (Phi) is 7.86. The lowest BCUT2D eigenvalue weighted by molar-refractivity contribution is 0.275. The standard InChI is InChI=1S/C18H32N2/c1-14(2)18(15(3)4)13-20-12-17-9-7-6-8-16(17)10-11-19-5/h6-9,14-15,18-20H,10-13H2,1-5H3. The molecule has 1 aromatic rings. The first-order valence-corrected chi connectivity index (χ1v) is 7.98. The Balaban J connectivity index is 2.52. The Morgan fingerprint density at radius 3 is 2.10 bits per heavy atom. The minimum absolute atomic E-state index is 0.738. The molecule has 0 bridgehead atoms. The van der Waals surface area contributed by atoms with Crippen LogP contribution in [0.25, 0.3) is 0 Å². The molecule has 1 rings (SSSR count). The zero-order valence-electron chi connectivity index (χ0n) is 13.9. The molecule has 0 spiro atoms. The van der Waals surface area contributed by atoms with Crippen molar-refractivity contribution in [3.05, 3.63) is 35.4 Å². The predicted molar refractivity (Wildman–Crippen MR) is 88.9 cm³/mol. The highest BCUT2D eigenvalue weighted by molar-refractivity contribution is 5.27. The Bertz CT molecular complexity index is 363. The molecule has 0 aromatic heterocycles. The van der Waals surface area contributed by atoms with Crippen molar-refractivity contribution in [1.29, 1.82) is 0 Å². The minimum atomic E-state index is 0.738. The Hall–Kier alpha value is -0.860. The zero-order chi connectivity index (χ0) is 15.0. The molecule has 2 nitrogen and oxygen atoms in total. The van der Waals surface area contributed by atoms with Crippen molar-refractivity contribution in [2.45, 2.75) is 40.7 Å². The SMILES string of the molecule is CNCCc1ccccc1CNCC(C(C)C)C(C)C. The van der Waals surface area contributed by atoms with Crippen LogP contribution in [0.2, 0.25) is 0 Å². The van der Waals surface area contributed by atoms with Gasteiger partial charge in [0.05, 0.1) is 0 Å². The zero-order valence-corrected chi connectivity index (χ0v) is 13.9. The van der Waals surface area contributed by atoms with Gasteiger partial charge in [0, 0.05) is 6.54 Å². The monoisotopic (exact) mass is 276 g/mol. The third kappa shape index (κ3) is 5.64. The van der Waals surface area contributed by atoms with Crippen LogP contribution in [0.15, 0.2) is 24.3 Å². The van der Waals surface area contributed by atoms with E-state index in [1.54, 1.807) is 0 Å². The van der Waals surface area contributed by atoms with Crippen LogP contribution in [0.1, 0.15) is 38.8 Å². The average molecular weight is 276 g/mol. The summed E-state index contributed by atoms with van der Waals surface area (Å²) >= 11 is 0. The molecule has 0 atom stereocenters. The second kappa shape index (κ2) is 9.15. The second-order valence-electron chi connectivity index (χ2n) is 6.41. The smallest absolute Gasteiger partial charge is 0.0208 e. The highest BCUT2D eigenvalue weighted by atomic mass is 14.9. The average Bonchev–Trinajstić information content (AvgIpc) is 2.41. The highest BCUT2D eigenvalue weighted by Gasteiger charge is 2.16. The van der Waals surface area contributed by atoms with Crippen LogP contribution in [0.3, 0.4) is 0 Å². The van der Waals surface area contributed by atoms with Crippen molar-refractivity contribution in [2.75, 3.05) is 20.1 Å². The molecule has 0 radical (unpaired) electrons. The maximum Gasteiger partial charge on any atom is 0.0208 e. The summed E-state index contributed by atoms with van der Waals surface area (Å²) in [5.41, 5.74) is 2.90. The van der Waals surface area contributed by atoms with Crippen molar-refractivity contribution in [2.24, 2.45) is 17.8 Å². The van der Waals surface area contributed by atoms with Crippen LogP contribution in [0.5, 0.6) is 0 Å². The lowest BCUT2D eigenvalue weighted by atomic mass is 9.85. The van der Waals surface area contributed by atoms with Crippen molar-refractivity contribution >= 4 is 0 Å². The van der Waals surface area contributed by atoms with E-state index in [9.17, 15) is 0 Å². The molecule has 0 heterocycles. The van der Waals surface area contributed by atoms with Gasteiger partial charge in [-0.2, -0.15) is 0 Å². The fraction of sp³-hybridized carbons (Fsp3) is 0.667. The van der Waals surface area contributed by atoms with Gasteiger partial charge in [-0.25, -0.2) is 0 Å². The molecule has 0 aliphatic heterocycles. The molecule has 0 saturated heterocycles. The summed E-state index contributed by atoms with van der Waals surface area (Å²) in [6.07, 6.45) is 1.10. The maximum absolute atomic E-state index is 3.66. The molecule has 114 valence electrons. The lowest BCUT2D eigenvalue weighted by Crippen LogP contribution is -2.29. The van der Waals surface area contributed by atoms with Gasteiger partial charge in [0.2, 0.25) is 0 Å². The summed E-state index contributed by atoms with van der Waals surface area (Å²) in [5, 5.41) is 6.89. The lowest BCUT2D eigenvalue weighted by Gasteiger charge is -2.25. The summed E-state index contributed by atoms with van der Waals surface area (Å²) in [7, 11) is 2.01. The molecule has 2 heteroatoms. The quantitative estimate of drug-likeness (QED) is 0.722. The fourth-order valence-corrected chi connectivity index (χ4v) is 2.85. The molecule has 20 heavy (non-hydrogen) atoms. The summed E-state index contributed by atoms with van der Waals surface area (Å²) in [6, 6.07) is 8.77. The van der Waals surface area contributed by atoms with E-state index in [2.05, 4.69) is 62.6 Å². The molecule has 0 aliphatic rings. The first-order chi connectivity index (χ1) is 9.56. The van der Waals surface area contributed by atoms with Crippen LogP contribution in [-0.2, 0) is 13.0 Å². The van der Waals surface area contributed by atoms with Gasteiger partial charge in [0.1, 0.15) is 0 Å². The van der Waals surface area contributed by atoms with E-state index in [-0.39, 0.29) is 0 Å². The topological polar surface area (TPSA) is 24.1 Å². The summed E-state index contributed by atoms with van der Waals surface area (Å²) in [6.45, 7) is 12.4. The molecule has 2 N–H and O–H groups in total. The number of rotatable bonds is 9.